The van der Waals surface area contributed by atoms with Crippen molar-refractivity contribution in [3.63, 3.8) is 0 Å². The molecule has 1 heterocycles. The van der Waals surface area contributed by atoms with Gasteiger partial charge in [-0.25, -0.2) is 0 Å². The molecule has 1 rings (SSSR count). The van der Waals surface area contributed by atoms with Crippen molar-refractivity contribution in [2.75, 3.05) is 0 Å². The lowest BCUT2D eigenvalue weighted by atomic mass is 9.96. The van der Waals surface area contributed by atoms with E-state index in [1.54, 1.807) is 0 Å². The van der Waals surface area contributed by atoms with Crippen molar-refractivity contribution in [2.24, 2.45) is 5.92 Å². The molecule has 1 aromatic heterocycles. The van der Waals surface area contributed by atoms with Gasteiger partial charge in [0.25, 0.3) is 0 Å². The lowest BCUT2D eigenvalue weighted by Crippen LogP contribution is -2.11. The second-order valence-electron chi connectivity index (χ2n) is 4.64. The molecule has 0 aromatic carbocycles. The minimum atomic E-state index is 0.0728. The predicted molar refractivity (Wildman–Crippen MR) is 65.9 cm³/mol. The molecule has 16 heavy (non-hydrogen) atoms. The number of hydrogen-bond acceptors (Lipinski definition) is 2. The Morgan fingerprint density at radius 2 is 1.88 bits per heavy atom. The Hall–Kier alpha value is -1.05. The molecule has 0 saturated heterocycles. The fourth-order valence-corrected chi connectivity index (χ4v) is 1.84. The Kier molecular flexibility index (Phi) is 4.34. The molecule has 0 aliphatic carbocycles. The maximum absolute atomic E-state index is 12.1. The summed E-state index contributed by atoms with van der Waals surface area (Å²) in [5.74, 6) is 1.66. The Morgan fingerprint density at radius 1 is 1.25 bits per heavy atom. The van der Waals surface area contributed by atoms with Gasteiger partial charge in [0.15, 0.2) is 5.76 Å². The first-order valence-corrected chi connectivity index (χ1v) is 6.09. The van der Waals surface area contributed by atoms with Crippen LogP contribution in [-0.4, -0.2) is 5.78 Å². The molecule has 0 spiro atoms. The van der Waals surface area contributed by atoms with Crippen LogP contribution in [-0.2, 0) is 0 Å². The maximum Gasteiger partial charge on any atom is 0.201 e. The van der Waals surface area contributed by atoms with Crippen LogP contribution in [0.2, 0.25) is 0 Å². The number of carbonyl (C=O) groups is 1. The molecule has 0 aliphatic heterocycles. The smallest absolute Gasteiger partial charge is 0.201 e. The first-order chi connectivity index (χ1) is 7.49. The van der Waals surface area contributed by atoms with Crippen LogP contribution in [0.5, 0.6) is 0 Å². The monoisotopic (exact) mass is 222 g/mol. The van der Waals surface area contributed by atoms with Crippen molar-refractivity contribution in [2.45, 2.75) is 53.9 Å². The highest BCUT2D eigenvalue weighted by Gasteiger charge is 2.22. The fraction of sp³-hybridized carbons (Fsp3) is 0.643. The standard InChI is InChI=1S/C14H22O2/c1-6-7-8-9(2)13(15)14-11(4)10(3)12(5)16-14/h9H,6-8H2,1-5H3. The van der Waals surface area contributed by atoms with Gasteiger partial charge < -0.3 is 4.42 Å². The lowest BCUT2D eigenvalue weighted by molar-refractivity contribution is 0.0892. The Bertz CT molecular complexity index is 374. The second kappa shape index (κ2) is 5.33. The number of hydrogen-bond donors (Lipinski definition) is 0. The summed E-state index contributed by atoms with van der Waals surface area (Å²) >= 11 is 0. The number of rotatable bonds is 5. The van der Waals surface area contributed by atoms with E-state index in [0.717, 1.165) is 36.1 Å². The summed E-state index contributed by atoms with van der Waals surface area (Å²) in [6.45, 7) is 10.0. The molecule has 0 aliphatic rings. The van der Waals surface area contributed by atoms with Crippen molar-refractivity contribution in [1.29, 1.82) is 0 Å². The quantitative estimate of drug-likeness (QED) is 0.698. The summed E-state index contributed by atoms with van der Waals surface area (Å²) in [6, 6.07) is 0. The van der Waals surface area contributed by atoms with Gasteiger partial charge in [-0.1, -0.05) is 26.7 Å². The molecule has 2 heteroatoms. The molecule has 1 aromatic rings. The van der Waals surface area contributed by atoms with Gasteiger partial charge in [0.1, 0.15) is 5.76 Å². The third-order valence-electron chi connectivity index (χ3n) is 3.35. The van der Waals surface area contributed by atoms with E-state index in [4.69, 9.17) is 4.42 Å². The highest BCUT2D eigenvalue weighted by molar-refractivity contribution is 5.96. The van der Waals surface area contributed by atoms with Gasteiger partial charge in [-0.2, -0.15) is 0 Å². The van der Waals surface area contributed by atoms with Crippen LogP contribution in [0, 0.1) is 26.7 Å². The molecule has 0 fully saturated rings. The largest absolute Gasteiger partial charge is 0.458 e. The zero-order valence-electron chi connectivity index (χ0n) is 11.0. The van der Waals surface area contributed by atoms with Crippen molar-refractivity contribution in [3.05, 3.63) is 22.6 Å². The van der Waals surface area contributed by atoms with E-state index in [0.29, 0.717) is 5.76 Å². The number of furan rings is 1. The van der Waals surface area contributed by atoms with E-state index in [2.05, 4.69) is 6.92 Å². The third kappa shape index (κ3) is 2.55. The van der Waals surface area contributed by atoms with Crippen LogP contribution in [0.1, 0.15) is 60.6 Å². The van der Waals surface area contributed by atoms with Gasteiger partial charge in [0.2, 0.25) is 5.78 Å². The minimum Gasteiger partial charge on any atom is -0.458 e. The second-order valence-corrected chi connectivity index (χ2v) is 4.64. The summed E-state index contributed by atoms with van der Waals surface area (Å²) in [4.78, 5) is 12.1. The minimum absolute atomic E-state index is 0.0728. The highest BCUT2D eigenvalue weighted by Crippen LogP contribution is 2.24. The fourth-order valence-electron chi connectivity index (χ4n) is 1.84. The van der Waals surface area contributed by atoms with Crippen LogP contribution in [0.25, 0.3) is 0 Å². The maximum atomic E-state index is 12.1. The zero-order valence-corrected chi connectivity index (χ0v) is 11.0. The average molecular weight is 222 g/mol. The third-order valence-corrected chi connectivity index (χ3v) is 3.35. The van der Waals surface area contributed by atoms with Crippen molar-refractivity contribution in [3.8, 4) is 0 Å². The Morgan fingerprint density at radius 3 is 2.31 bits per heavy atom. The summed E-state index contributed by atoms with van der Waals surface area (Å²) in [5, 5.41) is 0. The molecule has 1 unspecified atom stereocenters. The highest BCUT2D eigenvalue weighted by atomic mass is 16.3. The molecule has 0 saturated carbocycles. The number of aryl methyl sites for hydroxylation is 1. The van der Waals surface area contributed by atoms with E-state index in [1.165, 1.54) is 0 Å². The molecule has 1 atom stereocenters. The normalized spacial score (nSPS) is 12.8. The van der Waals surface area contributed by atoms with Crippen LogP contribution < -0.4 is 0 Å². The summed E-state index contributed by atoms with van der Waals surface area (Å²) in [7, 11) is 0. The van der Waals surface area contributed by atoms with Crippen LogP contribution in [0.3, 0.4) is 0 Å². The van der Waals surface area contributed by atoms with Crippen molar-refractivity contribution in [1.82, 2.24) is 0 Å². The van der Waals surface area contributed by atoms with Crippen LogP contribution in [0.4, 0.5) is 0 Å². The van der Waals surface area contributed by atoms with Gasteiger partial charge in [-0.15, -0.1) is 0 Å². The summed E-state index contributed by atoms with van der Waals surface area (Å²) < 4.78 is 5.56. The first kappa shape index (κ1) is 13.0. The summed E-state index contributed by atoms with van der Waals surface area (Å²) in [6.07, 6.45) is 3.19. The molecule has 0 amide bonds. The summed E-state index contributed by atoms with van der Waals surface area (Å²) in [5.41, 5.74) is 2.11. The lowest BCUT2D eigenvalue weighted by Gasteiger charge is -2.08. The van der Waals surface area contributed by atoms with E-state index in [1.807, 2.05) is 27.7 Å². The SMILES string of the molecule is CCCCC(C)C(=O)c1oc(C)c(C)c1C. The van der Waals surface area contributed by atoms with Gasteiger partial charge in [0.05, 0.1) is 0 Å². The Balaban J connectivity index is 2.84. The zero-order chi connectivity index (χ0) is 12.3. The van der Waals surface area contributed by atoms with Crippen molar-refractivity contribution >= 4 is 5.78 Å². The van der Waals surface area contributed by atoms with Gasteiger partial charge in [-0.3, -0.25) is 4.79 Å². The molecule has 90 valence electrons. The molecule has 0 bridgehead atoms. The first-order valence-electron chi connectivity index (χ1n) is 6.09. The molecular weight excluding hydrogens is 200 g/mol. The molecule has 0 N–H and O–H groups in total. The van der Waals surface area contributed by atoms with Gasteiger partial charge >= 0.3 is 0 Å². The number of carbonyl (C=O) groups excluding carboxylic acids is 1. The predicted octanol–water partition coefficient (Wildman–Crippen LogP) is 4.21. The van der Waals surface area contributed by atoms with E-state index >= 15 is 0 Å². The van der Waals surface area contributed by atoms with E-state index in [-0.39, 0.29) is 11.7 Å². The topological polar surface area (TPSA) is 30.2 Å². The Labute approximate surface area is 98.0 Å². The van der Waals surface area contributed by atoms with Crippen LogP contribution in [0.15, 0.2) is 4.42 Å². The van der Waals surface area contributed by atoms with Gasteiger partial charge in [-0.05, 0) is 32.8 Å². The van der Waals surface area contributed by atoms with Crippen molar-refractivity contribution < 1.29 is 9.21 Å². The number of Topliss-reactive ketones (excluding diaryl/α,β-unsaturated/α-hetero) is 1. The molecule has 0 radical (unpaired) electrons. The van der Waals surface area contributed by atoms with E-state index < -0.39 is 0 Å². The van der Waals surface area contributed by atoms with Gasteiger partial charge in [0, 0.05) is 11.5 Å². The molecular formula is C14H22O2. The average Bonchev–Trinajstić information content (AvgIpc) is 2.52. The van der Waals surface area contributed by atoms with E-state index in [9.17, 15) is 4.79 Å². The molecule has 2 nitrogen and oxygen atoms in total. The number of unbranched alkanes of at least 4 members (excludes halogenated alkanes) is 1. The number of ketones is 1. The van der Waals surface area contributed by atoms with Crippen LogP contribution >= 0.6 is 0 Å².